The summed E-state index contributed by atoms with van der Waals surface area (Å²) in [6.07, 6.45) is 11.0. The summed E-state index contributed by atoms with van der Waals surface area (Å²) < 4.78 is 5.95. The Morgan fingerprint density at radius 1 is 0.909 bits per heavy atom. The lowest BCUT2D eigenvalue weighted by atomic mass is 9.44. The molecule has 0 aromatic heterocycles. The number of methoxy groups -OCH3 is 1. The van der Waals surface area contributed by atoms with Crippen LogP contribution in [0.5, 0.6) is 0 Å². The van der Waals surface area contributed by atoms with E-state index in [0.717, 1.165) is 42.6 Å². The highest BCUT2D eigenvalue weighted by Crippen LogP contribution is 2.67. The zero-order valence-electron chi connectivity index (χ0n) is 21.4. The summed E-state index contributed by atoms with van der Waals surface area (Å²) in [4.78, 5) is 2.10. The third kappa shape index (κ3) is 3.82. The third-order valence-corrected chi connectivity index (χ3v) is 10.7. The zero-order valence-corrected chi connectivity index (χ0v) is 21.4. The monoisotopic (exact) mass is 449 g/mol. The van der Waals surface area contributed by atoms with Crippen LogP contribution in [0, 0.1) is 46.3 Å². The number of rotatable bonds is 2. The highest BCUT2D eigenvalue weighted by molar-refractivity contribution is 5.49. The standard InChI is InChI=1S/C30H43NO2/c1-28-18-19-30(32,17-14-21-6-9-23(10-7-21)31(3)4)20-22(28)8-11-24-25-12-13-27(33-5)29(25,2)16-15-26(24)28/h6-7,9-10,22,24-27,32H,8,11-13,15-16,18-20H2,1-5H3/t22?,24-,25-,26+,27?,28-,29-,30?/m0/s1. The van der Waals surface area contributed by atoms with Crippen LogP contribution in [-0.2, 0) is 4.74 Å². The Morgan fingerprint density at radius 3 is 2.33 bits per heavy atom. The number of hydrogen-bond donors (Lipinski definition) is 1. The molecule has 3 nitrogen and oxygen atoms in total. The number of ether oxygens (including phenoxy) is 1. The predicted molar refractivity (Wildman–Crippen MR) is 135 cm³/mol. The van der Waals surface area contributed by atoms with Crippen molar-refractivity contribution in [3.63, 3.8) is 0 Å². The highest BCUT2D eigenvalue weighted by atomic mass is 16.5. The first kappa shape index (κ1) is 23.3. The molecule has 3 heteroatoms. The molecule has 4 saturated carbocycles. The molecule has 0 amide bonds. The van der Waals surface area contributed by atoms with Gasteiger partial charge in [-0.05, 0) is 117 Å². The molecule has 4 aliphatic rings. The van der Waals surface area contributed by atoms with Gasteiger partial charge in [0.05, 0.1) is 6.10 Å². The first-order valence-corrected chi connectivity index (χ1v) is 13.2. The molecule has 1 aromatic rings. The van der Waals surface area contributed by atoms with Crippen molar-refractivity contribution in [3.8, 4) is 11.8 Å². The second kappa shape index (κ2) is 8.31. The van der Waals surface area contributed by atoms with Gasteiger partial charge in [0, 0.05) is 32.5 Å². The maximum Gasteiger partial charge on any atom is 0.126 e. The second-order valence-corrected chi connectivity index (χ2v) is 12.4. The van der Waals surface area contributed by atoms with Gasteiger partial charge in [-0.25, -0.2) is 0 Å². The molecule has 0 aliphatic heterocycles. The molecule has 4 aliphatic carbocycles. The van der Waals surface area contributed by atoms with E-state index < -0.39 is 5.60 Å². The minimum atomic E-state index is -0.838. The van der Waals surface area contributed by atoms with Crippen LogP contribution >= 0.6 is 0 Å². The Balaban J connectivity index is 1.31. The van der Waals surface area contributed by atoms with E-state index in [1.165, 1.54) is 44.2 Å². The Kier molecular flexibility index (Phi) is 5.86. The van der Waals surface area contributed by atoms with Gasteiger partial charge in [0.25, 0.3) is 0 Å². The molecule has 1 aromatic carbocycles. The van der Waals surface area contributed by atoms with Crippen molar-refractivity contribution in [2.75, 3.05) is 26.1 Å². The molecular weight excluding hydrogens is 406 g/mol. The zero-order chi connectivity index (χ0) is 23.4. The van der Waals surface area contributed by atoms with E-state index in [4.69, 9.17) is 4.74 Å². The molecule has 0 spiro atoms. The minimum Gasteiger partial charge on any atom is -0.381 e. The summed E-state index contributed by atoms with van der Waals surface area (Å²) in [6, 6.07) is 8.33. The normalized spacial score (nSPS) is 44.1. The van der Waals surface area contributed by atoms with Crippen molar-refractivity contribution in [2.45, 2.75) is 83.3 Å². The largest absolute Gasteiger partial charge is 0.381 e. The lowest BCUT2D eigenvalue weighted by molar-refractivity contribution is -0.146. The molecule has 0 radical (unpaired) electrons. The Bertz CT molecular complexity index is 929. The van der Waals surface area contributed by atoms with Crippen LogP contribution in [-0.4, -0.2) is 38.0 Å². The van der Waals surface area contributed by atoms with Gasteiger partial charge < -0.3 is 14.7 Å². The smallest absolute Gasteiger partial charge is 0.126 e. The average molecular weight is 450 g/mol. The molecule has 8 atom stereocenters. The quantitative estimate of drug-likeness (QED) is 0.571. The van der Waals surface area contributed by atoms with Gasteiger partial charge in [-0.15, -0.1) is 0 Å². The second-order valence-electron chi connectivity index (χ2n) is 12.4. The maximum absolute atomic E-state index is 11.5. The van der Waals surface area contributed by atoms with Gasteiger partial charge in [0.1, 0.15) is 5.60 Å². The number of nitrogens with zero attached hydrogens (tertiary/aromatic N) is 1. The van der Waals surface area contributed by atoms with E-state index in [2.05, 4.69) is 54.9 Å². The number of anilines is 1. The molecule has 180 valence electrons. The molecule has 4 fully saturated rings. The van der Waals surface area contributed by atoms with Gasteiger partial charge in [0.2, 0.25) is 0 Å². The maximum atomic E-state index is 11.5. The van der Waals surface area contributed by atoms with Crippen molar-refractivity contribution in [1.29, 1.82) is 0 Å². The van der Waals surface area contributed by atoms with Crippen molar-refractivity contribution in [3.05, 3.63) is 29.8 Å². The Labute approximate surface area is 201 Å². The summed E-state index contributed by atoms with van der Waals surface area (Å²) in [5, 5.41) is 11.5. The van der Waals surface area contributed by atoms with E-state index in [9.17, 15) is 5.11 Å². The fourth-order valence-corrected chi connectivity index (χ4v) is 8.73. The van der Waals surface area contributed by atoms with Crippen LogP contribution in [0.25, 0.3) is 0 Å². The Morgan fingerprint density at radius 2 is 1.64 bits per heavy atom. The fourth-order valence-electron chi connectivity index (χ4n) is 8.73. The molecule has 1 N–H and O–H groups in total. The molecule has 3 unspecified atom stereocenters. The van der Waals surface area contributed by atoms with Gasteiger partial charge in [-0.3, -0.25) is 0 Å². The molecule has 5 rings (SSSR count). The SMILES string of the molecule is COC1CC[C@H]2[C@@H]3CCC4CC(O)(C#Cc5ccc(N(C)C)cc5)CC[C@]4(C)[C@@H]3CC[C@]12C. The first-order valence-electron chi connectivity index (χ1n) is 13.2. The van der Waals surface area contributed by atoms with Crippen LogP contribution < -0.4 is 4.90 Å². The van der Waals surface area contributed by atoms with Crippen LogP contribution in [0.1, 0.15) is 77.2 Å². The molecule has 0 saturated heterocycles. The van der Waals surface area contributed by atoms with Gasteiger partial charge >= 0.3 is 0 Å². The Hall–Kier alpha value is -1.50. The van der Waals surface area contributed by atoms with Crippen molar-refractivity contribution in [2.24, 2.45) is 34.5 Å². The highest BCUT2D eigenvalue weighted by Gasteiger charge is 2.61. The number of aliphatic hydroxyl groups is 1. The summed E-state index contributed by atoms with van der Waals surface area (Å²) in [5.74, 6) is 9.68. The number of fused-ring (bicyclic) bond motifs is 5. The average Bonchev–Trinajstić information content (AvgIpc) is 3.15. The molecule has 0 bridgehead atoms. The summed E-state index contributed by atoms with van der Waals surface area (Å²) >= 11 is 0. The van der Waals surface area contributed by atoms with E-state index in [0.29, 0.717) is 22.9 Å². The lowest BCUT2D eigenvalue weighted by Gasteiger charge is -2.61. The van der Waals surface area contributed by atoms with E-state index in [1.54, 1.807) is 0 Å². The molecule has 0 heterocycles. The van der Waals surface area contributed by atoms with E-state index in [-0.39, 0.29) is 0 Å². The minimum absolute atomic E-state index is 0.358. The topological polar surface area (TPSA) is 32.7 Å². The first-order chi connectivity index (χ1) is 15.7. The van der Waals surface area contributed by atoms with Crippen LogP contribution in [0.3, 0.4) is 0 Å². The fraction of sp³-hybridized carbons (Fsp3) is 0.733. The van der Waals surface area contributed by atoms with Crippen LogP contribution in [0.15, 0.2) is 24.3 Å². The summed E-state index contributed by atoms with van der Waals surface area (Å²) in [5.41, 5.74) is 2.06. The van der Waals surface area contributed by atoms with E-state index >= 15 is 0 Å². The number of benzene rings is 1. The van der Waals surface area contributed by atoms with Gasteiger partial charge in [0.15, 0.2) is 0 Å². The lowest BCUT2D eigenvalue weighted by Crippen LogP contribution is -2.56. The van der Waals surface area contributed by atoms with E-state index in [1.807, 2.05) is 21.2 Å². The van der Waals surface area contributed by atoms with Gasteiger partial charge in [-0.1, -0.05) is 25.7 Å². The summed E-state index contributed by atoms with van der Waals surface area (Å²) in [7, 11) is 6.02. The summed E-state index contributed by atoms with van der Waals surface area (Å²) in [6.45, 7) is 5.08. The van der Waals surface area contributed by atoms with Crippen LogP contribution in [0.2, 0.25) is 0 Å². The third-order valence-electron chi connectivity index (χ3n) is 10.7. The van der Waals surface area contributed by atoms with Crippen molar-refractivity contribution in [1.82, 2.24) is 0 Å². The van der Waals surface area contributed by atoms with Crippen molar-refractivity contribution >= 4 is 5.69 Å². The number of hydrogen-bond acceptors (Lipinski definition) is 3. The van der Waals surface area contributed by atoms with Gasteiger partial charge in [-0.2, -0.15) is 0 Å². The molecular formula is C30H43NO2. The molecule has 33 heavy (non-hydrogen) atoms. The van der Waals surface area contributed by atoms with Crippen LogP contribution in [0.4, 0.5) is 5.69 Å². The van der Waals surface area contributed by atoms with Crippen molar-refractivity contribution < 1.29 is 9.84 Å². The predicted octanol–water partition coefficient (Wildman–Crippen LogP) is 5.89.